The molecule has 21 heavy (non-hydrogen) atoms. The van der Waals surface area contributed by atoms with Crippen molar-refractivity contribution in [1.29, 1.82) is 0 Å². The highest BCUT2D eigenvalue weighted by Gasteiger charge is 2.09. The lowest BCUT2D eigenvalue weighted by atomic mass is 10.3. The molecule has 0 fully saturated rings. The van der Waals surface area contributed by atoms with Crippen LogP contribution in [0.4, 0.5) is 4.39 Å². The highest BCUT2D eigenvalue weighted by Crippen LogP contribution is 2.31. The molecule has 1 aromatic carbocycles. The number of ether oxygens (including phenoxy) is 1. The van der Waals surface area contributed by atoms with Crippen LogP contribution in [0.2, 0.25) is 5.02 Å². The zero-order valence-electron chi connectivity index (χ0n) is 11.6. The topological polar surface area (TPSA) is 34.4 Å². The zero-order valence-corrected chi connectivity index (χ0v) is 13.9. The van der Waals surface area contributed by atoms with Crippen LogP contribution in [0, 0.1) is 5.82 Å². The molecule has 0 radical (unpaired) electrons. The summed E-state index contributed by atoms with van der Waals surface area (Å²) in [5, 5.41) is 3.34. The quantitative estimate of drug-likeness (QED) is 0.550. The summed E-state index contributed by atoms with van der Waals surface area (Å²) in [7, 11) is 0. The largest absolute Gasteiger partial charge is 0.484 e. The molecule has 1 aromatic heterocycles. The molecular formula is C15H16BrClFNO2. The second-order valence-electron chi connectivity index (χ2n) is 4.58. The fraction of sp³-hybridized carbons (Fsp3) is 0.333. The molecule has 0 spiro atoms. The van der Waals surface area contributed by atoms with E-state index in [-0.39, 0.29) is 11.6 Å². The van der Waals surface area contributed by atoms with Gasteiger partial charge in [0.2, 0.25) is 0 Å². The maximum absolute atomic E-state index is 13.4. The van der Waals surface area contributed by atoms with E-state index in [0.29, 0.717) is 16.0 Å². The summed E-state index contributed by atoms with van der Waals surface area (Å²) in [5.74, 6) is 0.559. The first-order chi connectivity index (χ1) is 10.1. The first kappa shape index (κ1) is 16.3. The smallest absolute Gasteiger partial charge is 0.146 e. The molecule has 0 atom stereocenters. The van der Waals surface area contributed by atoms with Crippen LogP contribution in [-0.2, 0) is 13.2 Å². The number of halogens is 3. The van der Waals surface area contributed by atoms with Gasteiger partial charge in [-0.05, 0) is 41.0 Å². The molecule has 114 valence electrons. The van der Waals surface area contributed by atoms with Crippen molar-refractivity contribution in [1.82, 2.24) is 5.32 Å². The molecule has 0 aliphatic rings. The summed E-state index contributed by atoms with van der Waals surface area (Å²) in [6.07, 6.45) is 2.78. The van der Waals surface area contributed by atoms with Crippen LogP contribution in [0.1, 0.15) is 24.7 Å². The average molecular weight is 377 g/mol. The molecule has 0 saturated carbocycles. The number of benzene rings is 1. The van der Waals surface area contributed by atoms with E-state index in [0.717, 1.165) is 25.1 Å². The van der Waals surface area contributed by atoms with E-state index < -0.39 is 5.82 Å². The lowest BCUT2D eigenvalue weighted by molar-refractivity contribution is 0.267. The molecule has 3 nitrogen and oxygen atoms in total. The summed E-state index contributed by atoms with van der Waals surface area (Å²) in [5.41, 5.74) is 1.06. The average Bonchev–Trinajstić information content (AvgIpc) is 2.90. The standard InChI is InChI=1S/C15H16BrClFNO2/c1-2-3-19-7-10-4-11(20-8-10)9-21-15-6-14(18)13(17)5-12(15)16/h4-6,8,19H,2-3,7,9H2,1H3. The fourth-order valence-corrected chi connectivity index (χ4v) is 2.52. The highest BCUT2D eigenvalue weighted by atomic mass is 79.9. The van der Waals surface area contributed by atoms with Crippen molar-refractivity contribution < 1.29 is 13.5 Å². The number of hydrogen-bond donors (Lipinski definition) is 1. The van der Waals surface area contributed by atoms with Crippen LogP contribution in [0.5, 0.6) is 5.75 Å². The highest BCUT2D eigenvalue weighted by molar-refractivity contribution is 9.10. The fourth-order valence-electron chi connectivity index (χ4n) is 1.77. The second-order valence-corrected chi connectivity index (χ2v) is 5.84. The van der Waals surface area contributed by atoms with Gasteiger partial charge in [0.15, 0.2) is 0 Å². The Bertz CT molecular complexity index is 603. The maximum Gasteiger partial charge on any atom is 0.146 e. The number of hydrogen-bond acceptors (Lipinski definition) is 3. The lowest BCUT2D eigenvalue weighted by Gasteiger charge is -2.07. The summed E-state index contributed by atoms with van der Waals surface area (Å²) >= 11 is 8.97. The molecule has 0 aliphatic heterocycles. The van der Waals surface area contributed by atoms with Crippen molar-refractivity contribution in [3.8, 4) is 5.75 Å². The van der Waals surface area contributed by atoms with Gasteiger partial charge in [-0.15, -0.1) is 0 Å². The number of nitrogens with one attached hydrogen (secondary N) is 1. The summed E-state index contributed by atoms with van der Waals surface area (Å²) < 4.78 is 24.9. The van der Waals surface area contributed by atoms with Gasteiger partial charge < -0.3 is 14.5 Å². The Morgan fingerprint density at radius 3 is 2.95 bits per heavy atom. The molecule has 0 aliphatic carbocycles. The van der Waals surface area contributed by atoms with Gasteiger partial charge in [0, 0.05) is 18.2 Å². The summed E-state index contributed by atoms with van der Waals surface area (Å²) in [6.45, 7) is 4.07. The Hall–Kier alpha value is -1.04. The van der Waals surface area contributed by atoms with Crippen LogP contribution in [0.3, 0.4) is 0 Å². The van der Waals surface area contributed by atoms with E-state index in [2.05, 4.69) is 28.2 Å². The van der Waals surface area contributed by atoms with Gasteiger partial charge in [0.1, 0.15) is 23.9 Å². The van der Waals surface area contributed by atoms with Crippen molar-refractivity contribution in [3.05, 3.63) is 51.1 Å². The van der Waals surface area contributed by atoms with E-state index in [1.807, 2.05) is 6.07 Å². The second kappa shape index (κ2) is 7.82. The van der Waals surface area contributed by atoms with Gasteiger partial charge in [0.05, 0.1) is 15.8 Å². The molecule has 0 bridgehead atoms. The third kappa shape index (κ3) is 4.73. The first-order valence-electron chi connectivity index (χ1n) is 6.64. The van der Waals surface area contributed by atoms with Gasteiger partial charge in [0.25, 0.3) is 0 Å². The van der Waals surface area contributed by atoms with Crippen molar-refractivity contribution in [3.63, 3.8) is 0 Å². The van der Waals surface area contributed by atoms with Crippen molar-refractivity contribution in [2.75, 3.05) is 6.54 Å². The third-order valence-electron chi connectivity index (χ3n) is 2.81. The zero-order chi connectivity index (χ0) is 15.2. The molecule has 6 heteroatoms. The van der Waals surface area contributed by atoms with Crippen LogP contribution in [-0.4, -0.2) is 6.54 Å². The van der Waals surface area contributed by atoms with Crippen LogP contribution in [0.15, 0.2) is 33.4 Å². The molecule has 2 aromatic rings. The Kier molecular flexibility index (Phi) is 6.08. The van der Waals surface area contributed by atoms with Crippen LogP contribution >= 0.6 is 27.5 Å². The van der Waals surface area contributed by atoms with Gasteiger partial charge in [-0.1, -0.05) is 18.5 Å². The SMILES string of the molecule is CCCNCc1coc(COc2cc(F)c(Cl)cc2Br)c1. The lowest BCUT2D eigenvalue weighted by Crippen LogP contribution is -2.13. The normalized spacial score (nSPS) is 10.9. The van der Waals surface area contributed by atoms with E-state index in [1.165, 1.54) is 12.1 Å². The Balaban J connectivity index is 1.92. The third-order valence-corrected chi connectivity index (χ3v) is 3.72. The summed E-state index contributed by atoms with van der Waals surface area (Å²) in [4.78, 5) is 0. The Morgan fingerprint density at radius 2 is 2.19 bits per heavy atom. The van der Waals surface area contributed by atoms with Crippen molar-refractivity contribution >= 4 is 27.5 Å². The monoisotopic (exact) mass is 375 g/mol. The minimum atomic E-state index is -0.515. The van der Waals surface area contributed by atoms with Crippen LogP contribution in [0.25, 0.3) is 0 Å². The number of furan rings is 1. The van der Waals surface area contributed by atoms with E-state index >= 15 is 0 Å². The molecule has 0 saturated heterocycles. The summed E-state index contributed by atoms with van der Waals surface area (Å²) in [6, 6.07) is 4.64. The van der Waals surface area contributed by atoms with Gasteiger partial charge in [-0.2, -0.15) is 0 Å². The Labute approximate surface area is 136 Å². The molecule has 0 amide bonds. The molecule has 1 N–H and O–H groups in total. The van der Waals surface area contributed by atoms with Gasteiger partial charge in [-0.25, -0.2) is 4.39 Å². The predicted octanol–water partition coefficient (Wildman–Crippen LogP) is 4.91. The minimum Gasteiger partial charge on any atom is -0.484 e. The number of rotatable bonds is 7. The molecular weight excluding hydrogens is 361 g/mol. The Morgan fingerprint density at radius 1 is 1.38 bits per heavy atom. The van der Waals surface area contributed by atoms with E-state index in [9.17, 15) is 4.39 Å². The minimum absolute atomic E-state index is 0.0523. The van der Waals surface area contributed by atoms with Crippen molar-refractivity contribution in [2.24, 2.45) is 0 Å². The predicted molar refractivity (Wildman–Crippen MR) is 84.1 cm³/mol. The van der Waals surface area contributed by atoms with Crippen LogP contribution < -0.4 is 10.1 Å². The first-order valence-corrected chi connectivity index (χ1v) is 7.81. The maximum atomic E-state index is 13.4. The van der Waals surface area contributed by atoms with Crippen molar-refractivity contribution in [2.45, 2.75) is 26.5 Å². The molecule has 2 rings (SSSR count). The van der Waals surface area contributed by atoms with Gasteiger partial charge >= 0.3 is 0 Å². The molecule has 1 heterocycles. The van der Waals surface area contributed by atoms with E-state index in [4.69, 9.17) is 20.8 Å². The van der Waals surface area contributed by atoms with Gasteiger partial charge in [-0.3, -0.25) is 0 Å². The van der Waals surface area contributed by atoms with E-state index in [1.54, 1.807) is 6.26 Å². The molecule has 0 unspecified atom stereocenters.